The first-order chi connectivity index (χ1) is 10.1. The topological polar surface area (TPSA) is 30.7 Å². The van der Waals surface area contributed by atoms with E-state index in [0.717, 1.165) is 35.2 Å². The molecule has 1 aliphatic rings. The summed E-state index contributed by atoms with van der Waals surface area (Å²) in [5.74, 6) is 2.75. The van der Waals surface area contributed by atoms with Crippen LogP contribution in [0.15, 0.2) is 18.5 Å². The van der Waals surface area contributed by atoms with E-state index in [2.05, 4.69) is 21.5 Å². The zero-order valence-electron chi connectivity index (χ0n) is 12.9. The normalized spacial score (nSPS) is 24.3. The molecule has 0 N–H and O–H groups in total. The van der Waals surface area contributed by atoms with Gasteiger partial charge in [0, 0.05) is 12.7 Å². The average molecular weight is 306 g/mol. The Morgan fingerprint density at radius 3 is 2.81 bits per heavy atom. The second-order valence-corrected chi connectivity index (χ2v) is 7.17. The molecule has 2 heterocycles. The Balaban J connectivity index is 1.77. The van der Waals surface area contributed by atoms with Crippen LogP contribution in [0.5, 0.6) is 0 Å². The smallest absolute Gasteiger partial charge is 0.127 e. The summed E-state index contributed by atoms with van der Waals surface area (Å²) in [5.41, 5.74) is 2.12. The molecule has 1 fully saturated rings. The van der Waals surface area contributed by atoms with Crippen LogP contribution >= 0.6 is 11.6 Å². The molecule has 1 saturated carbocycles. The van der Waals surface area contributed by atoms with Crippen molar-refractivity contribution in [1.29, 1.82) is 0 Å². The van der Waals surface area contributed by atoms with Gasteiger partial charge in [-0.05, 0) is 31.2 Å². The maximum atomic E-state index is 6.32. The van der Waals surface area contributed by atoms with E-state index in [1.165, 1.54) is 32.1 Å². The zero-order chi connectivity index (χ0) is 14.8. The highest BCUT2D eigenvalue weighted by Gasteiger charge is 2.20. The fraction of sp³-hybridized carbons (Fsp3) is 0.647. The number of nitrogens with zero attached hydrogens (tertiary/aromatic N) is 3. The lowest BCUT2D eigenvalue weighted by Gasteiger charge is -2.26. The van der Waals surface area contributed by atoms with Crippen molar-refractivity contribution in [1.82, 2.24) is 14.5 Å². The van der Waals surface area contributed by atoms with E-state index < -0.39 is 0 Å². The summed E-state index contributed by atoms with van der Waals surface area (Å²) >= 11 is 6.32. The Kier molecular flexibility index (Phi) is 4.48. The van der Waals surface area contributed by atoms with E-state index in [1.54, 1.807) is 0 Å². The number of rotatable bonds is 4. The number of hydrogen-bond acceptors (Lipinski definition) is 2. The maximum absolute atomic E-state index is 6.32. The molecule has 1 atom stereocenters. The number of pyridine rings is 1. The molecule has 0 amide bonds. The molecule has 2 aromatic heterocycles. The Morgan fingerprint density at radius 2 is 2.10 bits per heavy atom. The van der Waals surface area contributed by atoms with Gasteiger partial charge in [0.25, 0.3) is 0 Å². The summed E-state index contributed by atoms with van der Waals surface area (Å²) in [5, 5.41) is -0.0659. The summed E-state index contributed by atoms with van der Waals surface area (Å²) in [6.45, 7) is 5.39. The van der Waals surface area contributed by atoms with Crippen LogP contribution in [0.2, 0.25) is 0 Å². The highest BCUT2D eigenvalue weighted by molar-refractivity contribution is 6.20. The molecule has 1 aliphatic carbocycles. The average Bonchev–Trinajstić information content (AvgIpc) is 2.86. The minimum absolute atomic E-state index is 0.0659. The maximum Gasteiger partial charge on any atom is 0.127 e. The number of imidazole rings is 1. The van der Waals surface area contributed by atoms with Crippen molar-refractivity contribution in [3.8, 4) is 0 Å². The van der Waals surface area contributed by atoms with Gasteiger partial charge in [-0.15, -0.1) is 11.6 Å². The van der Waals surface area contributed by atoms with E-state index >= 15 is 0 Å². The van der Waals surface area contributed by atoms with Gasteiger partial charge in [-0.2, -0.15) is 0 Å². The van der Waals surface area contributed by atoms with Crippen molar-refractivity contribution in [2.45, 2.75) is 57.9 Å². The van der Waals surface area contributed by atoms with Crippen LogP contribution in [0.4, 0.5) is 0 Å². The molecule has 0 radical (unpaired) electrons. The third kappa shape index (κ3) is 3.23. The van der Waals surface area contributed by atoms with Gasteiger partial charge in [0.15, 0.2) is 0 Å². The fourth-order valence-electron chi connectivity index (χ4n) is 3.47. The predicted octanol–water partition coefficient (Wildman–Crippen LogP) is 4.95. The van der Waals surface area contributed by atoms with Crippen molar-refractivity contribution in [2.75, 3.05) is 0 Å². The molecule has 0 spiro atoms. The largest absolute Gasteiger partial charge is 0.327 e. The quantitative estimate of drug-likeness (QED) is 0.748. The Bertz CT molecular complexity index is 597. The predicted molar refractivity (Wildman–Crippen MR) is 87.5 cm³/mol. The van der Waals surface area contributed by atoms with Crippen LogP contribution in [0.3, 0.4) is 0 Å². The lowest BCUT2D eigenvalue weighted by molar-refractivity contribution is 0.269. The van der Waals surface area contributed by atoms with Crippen molar-refractivity contribution in [2.24, 2.45) is 11.8 Å². The van der Waals surface area contributed by atoms with Gasteiger partial charge in [-0.3, -0.25) is 4.98 Å². The van der Waals surface area contributed by atoms with Crippen LogP contribution < -0.4 is 0 Å². The molecule has 4 heteroatoms. The first-order valence-electron chi connectivity index (χ1n) is 8.09. The number of aryl methyl sites for hydroxylation is 1. The van der Waals surface area contributed by atoms with Crippen LogP contribution in [0.1, 0.15) is 57.2 Å². The summed E-state index contributed by atoms with van der Waals surface area (Å²) in [6.07, 6.45) is 10.4. The molecule has 114 valence electrons. The zero-order valence-corrected chi connectivity index (χ0v) is 13.7. The molecule has 0 aliphatic heterocycles. The minimum atomic E-state index is -0.0659. The summed E-state index contributed by atoms with van der Waals surface area (Å²) < 4.78 is 2.30. The van der Waals surface area contributed by atoms with Gasteiger partial charge in [0.05, 0.1) is 17.1 Å². The first-order valence-corrected chi connectivity index (χ1v) is 8.53. The van der Waals surface area contributed by atoms with Crippen molar-refractivity contribution in [3.05, 3.63) is 24.3 Å². The first kappa shape index (κ1) is 14.8. The summed E-state index contributed by atoms with van der Waals surface area (Å²) in [7, 11) is 0. The van der Waals surface area contributed by atoms with Crippen LogP contribution in [-0.2, 0) is 6.54 Å². The molecule has 1 unspecified atom stereocenters. The summed E-state index contributed by atoms with van der Waals surface area (Å²) in [4.78, 5) is 8.82. The lowest BCUT2D eigenvalue weighted by atomic mass is 9.81. The van der Waals surface area contributed by atoms with Gasteiger partial charge >= 0.3 is 0 Å². The third-order valence-corrected chi connectivity index (χ3v) is 5.03. The van der Waals surface area contributed by atoms with Crippen molar-refractivity contribution >= 4 is 22.6 Å². The van der Waals surface area contributed by atoms with Crippen molar-refractivity contribution in [3.63, 3.8) is 0 Å². The van der Waals surface area contributed by atoms with E-state index in [1.807, 2.05) is 25.4 Å². The van der Waals surface area contributed by atoms with Gasteiger partial charge in [-0.25, -0.2) is 4.98 Å². The number of aromatic nitrogens is 3. The van der Waals surface area contributed by atoms with E-state index in [0.29, 0.717) is 0 Å². The Labute approximate surface area is 131 Å². The van der Waals surface area contributed by atoms with E-state index in [-0.39, 0.29) is 5.38 Å². The molecular formula is C17H24ClN3. The van der Waals surface area contributed by atoms with E-state index in [4.69, 9.17) is 11.6 Å². The molecule has 0 saturated heterocycles. The van der Waals surface area contributed by atoms with Crippen LogP contribution in [0.25, 0.3) is 11.0 Å². The third-order valence-electron chi connectivity index (χ3n) is 4.83. The minimum Gasteiger partial charge on any atom is -0.327 e. The van der Waals surface area contributed by atoms with Gasteiger partial charge < -0.3 is 4.57 Å². The molecule has 21 heavy (non-hydrogen) atoms. The summed E-state index contributed by atoms with van der Waals surface area (Å²) in [6, 6.07) is 2.05. The molecule has 0 aromatic carbocycles. The highest BCUT2D eigenvalue weighted by atomic mass is 35.5. The Hall–Kier alpha value is -1.09. The monoisotopic (exact) mass is 305 g/mol. The lowest BCUT2D eigenvalue weighted by Crippen LogP contribution is -2.15. The van der Waals surface area contributed by atoms with Gasteiger partial charge in [-0.1, -0.05) is 32.6 Å². The number of fused-ring (bicyclic) bond motifs is 1. The Morgan fingerprint density at radius 1 is 1.33 bits per heavy atom. The second kappa shape index (κ2) is 6.35. The highest BCUT2D eigenvalue weighted by Crippen LogP contribution is 2.32. The van der Waals surface area contributed by atoms with Crippen molar-refractivity contribution < 1.29 is 0 Å². The van der Waals surface area contributed by atoms with Crippen LogP contribution in [0, 0.1) is 11.8 Å². The molecule has 0 bridgehead atoms. The van der Waals surface area contributed by atoms with Crippen LogP contribution in [-0.4, -0.2) is 14.5 Å². The molecule has 2 aromatic rings. The second-order valence-electron chi connectivity index (χ2n) is 6.52. The number of hydrogen-bond donors (Lipinski definition) is 0. The molecule has 3 rings (SSSR count). The van der Waals surface area contributed by atoms with Gasteiger partial charge in [0.1, 0.15) is 11.3 Å². The fourth-order valence-corrected chi connectivity index (χ4v) is 3.64. The standard InChI is InChI=1S/C17H24ClN3/c1-12-3-5-14(6-4-12)8-10-21-16-7-9-19-11-15(16)20-17(21)13(2)18/h7,9,11-14H,3-6,8,10H2,1-2H3. The SMILES string of the molecule is CC1CCC(CCn2c(C(C)Cl)nc3cnccc32)CC1. The number of halogens is 1. The molecular weight excluding hydrogens is 282 g/mol. The number of alkyl halides is 1. The van der Waals surface area contributed by atoms with E-state index in [9.17, 15) is 0 Å². The van der Waals surface area contributed by atoms with Gasteiger partial charge in [0.2, 0.25) is 0 Å². The molecule has 3 nitrogen and oxygen atoms in total.